The van der Waals surface area contributed by atoms with Crippen LogP contribution in [0.4, 0.5) is 20.8 Å². The van der Waals surface area contributed by atoms with E-state index in [1.54, 1.807) is 18.2 Å². The van der Waals surface area contributed by atoms with Crippen LogP contribution in [0, 0.1) is 12.7 Å². The van der Waals surface area contributed by atoms with Gasteiger partial charge in [-0.3, -0.25) is 4.79 Å². The first-order chi connectivity index (χ1) is 15.3. The van der Waals surface area contributed by atoms with E-state index in [2.05, 4.69) is 5.32 Å². The Balaban J connectivity index is 1.87. The average molecular weight is 467 g/mol. The van der Waals surface area contributed by atoms with Gasteiger partial charge in [0.1, 0.15) is 20.6 Å². The number of rotatable bonds is 6. The molecule has 1 aromatic heterocycles. The summed E-state index contributed by atoms with van der Waals surface area (Å²) in [6.07, 6.45) is 0. The molecule has 0 aliphatic carbocycles. The number of halogens is 1. The molecule has 0 fully saturated rings. The molecule has 8 heteroatoms. The van der Waals surface area contributed by atoms with Crippen LogP contribution in [0.2, 0.25) is 0 Å². The largest absolute Gasteiger partial charge is 0.396 e. The van der Waals surface area contributed by atoms with E-state index in [1.807, 2.05) is 31.2 Å². The highest BCUT2D eigenvalue weighted by atomic mass is 32.2. The van der Waals surface area contributed by atoms with Crippen molar-refractivity contribution in [1.82, 2.24) is 0 Å². The molecule has 1 heterocycles. The quantitative estimate of drug-likeness (QED) is 0.362. The number of aryl methyl sites for hydroxylation is 1. The Bertz CT molecular complexity index is 1380. The minimum atomic E-state index is -4.02. The zero-order valence-corrected chi connectivity index (χ0v) is 18.6. The van der Waals surface area contributed by atoms with Crippen molar-refractivity contribution >= 4 is 43.3 Å². The van der Waals surface area contributed by atoms with Crippen LogP contribution in [0.3, 0.4) is 0 Å². The lowest BCUT2D eigenvalue weighted by atomic mass is 10.1. The maximum Gasteiger partial charge on any atom is 0.211 e. The lowest BCUT2D eigenvalue weighted by molar-refractivity contribution is 0.104. The van der Waals surface area contributed by atoms with Gasteiger partial charge in [0.25, 0.3) is 0 Å². The van der Waals surface area contributed by atoms with E-state index >= 15 is 0 Å². The SMILES string of the molecule is Cc1ccc(Nc2sc(C(=O)c3ccc(F)cc3)c(N)c2S(=O)(=O)c2ccccc2)cc1. The number of nitrogens with one attached hydrogen (secondary N) is 1. The van der Waals surface area contributed by atoms with E-state index in [-0.39, 0.29) is 30.9 Å². The highest BCUT2D eigenvalue weighted by Crippen LogP contribution is 2.44. The molecule has 0 aliphatic heterocycles. The fourth-order valence-electron chi connectivity index (χ4n) is 3.16. The first-order valence-corrected chi connectivity index (χ1v) is 11.9. The maximum absolute atomic E-state index is 13.5. The summed E-state index contributed by atoms with van der Waals surface area (Å²) in [6.45, 7) is 1.94. The van der Waals surface area contributed by atoms with Crippen molar-refractivity contribution < 1.29 is 17.6 Å². The Morgan fingerprint density at radius 3 is 2.19 bits per heavy atom. The Hall–Kier alpha value is -3.49. The van der Waals surface area contributed by atoms with E-state index < -0.39 is 21.4 Å². The zero-order valence-electron chi connectivity index (χ0n) is 17.0. The van der Waals surface area contributed by atoms with Crippen LogP contribution in [0.25, 0.3) is 0 Å². The van der Waals surface area contributed by atoms with Crippen molar-refractivity contribution in [1.29, 1.82) is 0 Å². The average Bonchev–Trinajstić information content (AvgIpc) is 3.12. The van der Waals surface area contributed by atoms with E-state index in [4.69, 9.17) is 5.73 Å². The standard InChI is InChI=1S/C24H19FN2O3S2/c1-15-7-13-18(14-8-15)27-24-23(32(29,30)19-5-3-2-4-6-19)20(26)22(31-24)21(28)16-9-11-17(25)12-10-16/h2-14,27H,26H2,1H3. The van der Waals surface area contributed by atoms with Gasteiger partial charge in [0.15, 0.2) is 0 Å². The third kappa shape index (κ3) is 4.15. The Labute approximate surface area is 189 Å². The molecule has 0 saturated heterocycles. The Morgan fingerprint density at radius 1 is 0.938 bits per heavy atom. The summed E-state index contributed by atoms with van der Waals surface area (Å²) in [7, 11) is -4.02. The van der Waals surface area contributed by atoms with Crippen LogP contribution in [0.15, 0.2) is 88.7 Å². The molecule has 3 N–H and O–H groups in total. The first-order valence-electron chi connectivity index (χ1n) is 9.64. The topological polar surface area (TPSA) is 89.3 Å². The van der Waals surface area contributed by atoms with Gasteiger partial charge in [-0.15, -0.1) is 11.3 Å². The molecule has 4 aromatic rings. The second-order valence-corrected chi connectivity index (χ2v) is 10.1. The molecule has 0 saturated carbocycles. The van der Waals surface area contributed by atoms with Gasteiger partial charge in [-0.05, 0) is 55.5 Å². The number of ketones is 1. The minimum absolute atomic E-state index is 0.0669. The summed E-state index contributed by atoms with van der Waals surface area (Å²) in [6, 6.07) is 20.3. The number of carbonyl (C=O) groups excluding carboxylic acids is 1. The summed E-state index contributed by atoms with van der Waals surface area (Å²) < 4.78 is 40.2. The molecule has 162 valence electrons. The normalized spacial score (nSPS) is 11.3. The first kappa shape index (κ1) is 21.7. The molecule has 0 aliphatic rings. The van der Waals surface area contributed by atoms with Crippen molar-refractivity contribution in [3.8, 4) is 0 Å². The van der Waals surface area contributed by atoms with Crippen molar-refractivity contribution in [3.05, 3.63) is 101 Å². The van der Waals surface area contributed by atoms with Gasteiger partial charge in [-0.25, -0.2) is 12.8 Å². The second-order valence-electron chi connectivity index (χ2n) is 7.15. The van der Waals surface area contributed by atoms with Crippen molar-refractivity contribution in [2.75, 3.05) is 11.1 Å². The number of sulfone groups is 1. The third-order valence-electron chi connectivity index (χ3n) is 4.84. The molecule has 0 amide bonds. The fraction of sp³-hybridized carbons (Fsp3) is 0.0417. The van der Waals surface area contributed by atoms with Gasteiger partial charge in [-0.2, -0.15) is 0 Å². The van der Waals surface area contributed by atoms with Crippen LogP contribution < -0.4 is 11.1 Å². The molecule has 32 heavy (non-hydrogen) atoms. The summed E-state index contributed by atoms with van der Waals surface area (Å²) in [5, 5.41) is 3.34. The van der Waals surface area contributed by atoms with Crippen LogP contribution in [-0.4, -0.2) is 14.2 Å². The second kappa shape index (κ2) is 8.57. The molecular weight excluding hydrogens is 447 g/mol. The zero-order chi connectivity index (χ0) is 22.9. The number of anilines is 3. The van der Waals surface area contributed by atoms with Gasteiger partial charge >= 0.3 is 0 Å². The predicted octanol–water partition coefficient (Wildman–Crippen LogP) is 5.59. The van der Waals surface area contributed by atoms with Gasteiger partial charge in [0, 0.05) is 11.3 Å². The summed E-state index contributed by atoms with van der Waals surface area (Å²) in [5.41, 5.74) is 8.05. The Morgan fingerprint density at radius 2 is 1.56 bits per heavy atom. The smallest absolute Gasteiger partial charge is 0.211 e. The number of thiophene rings is 1. The highest BCUT2D eigenvalue weighted by Gasteiger charge is 2.31. The number of hydrogen-bond acceptors (Lipinski definition) is 6. The molecule has 0 unspecified atom stereocenters. The lowest BCUT2D eigenvalue weighted by Gasteiger charge is -2.10. The molecule has 3 aromatic carbocycles. The molecule has 5 nitrogen and oxygen atoms in total. The highest BCUT2D eigenvalue weighted by molar-refractivity contribution is 7.92. The van der Waals surface area contributed by atoms with Crippen molar-refractivity contribution in [2.45, 2.75) is 16.7 Å². The predicted molar refractivity (Wildman–Crippen MR) is 125 cm³/mol. The molecule has 0 spiro atoms. The minimum Gasteiger partial charge on any atom is -0.396 e. The molecule has 0 atom stereocenters. The molecule has 0 radical (unpaired) electrons. The molecule has 0 bridgehead atoms. The summed E-state index contributed by atoms with van der Waals surface area (Å²) in [5.74, 6) is -0.955. The number of nitrogen functional groups attached to an aromatic ring is 1. The summed E-state index contributed by atoms with van der Waals surface area (Å²) in [4.78, 5) is 13.1. The summed E-state index contributed by atoms with van der Waals surface area (Å²) >= 11 is 0.955. The van der Waals surface area contributed by atoms with Crippen LogP contribution in [-0.2, 0) is 9.84 Å². The fourth-order valence-corrected chi connectivity index (χ4v) is 6.12. The number of carbonyl (C=O) groups is 1. The third-order valence-corrected chi connectivity index (χ3v) is 7.95. The van der Waals surface area contributed by atoms with Crippen molar-refractivity contribution in [2.24, 2.45) is 0 Å². The van der Waals surface area contributed by atoms with Gasteiger partial charge in [0.2, 0.25) is 15.6 Å². The Kier molecular flexibility index (Phi) is 5.82. The lowest BCUT2D eigenvalue weighted by Crippen LogP contribution is -2.08. The number of hydrogen-bond donors (Lipinski definition) is 2. The van der Waals surface area contributed by atoms with Crippen LogP contribution in [0.5, 0.6) is 0 Å². The van der Waals surface area contributed by atoms with E-state index in [0.717, 1.165) is 16.9 Å². The van der Waals surface area contributed by atoms with Crippen LogP contribution >= 0.6 is 11.3 Å². The number of nitrogens with two attached hydrogens (primary N) is 1. The van der Waals surface area contributed by atoms with Gasteiger partial charge in [0.05, 0.1) is 10.6 Å². The van der Waals surface area contributed by atoms with Gasteiger partial charge < -0.3 is 11.1 Å². The number of benzene rings is 3. The van der Waals surface area contributed by atoms with E-state index in [0.29, 0.717) is 5.69 Å². The monoisotopic (exact) mass is 466 g/mol. The van der Waals surface area contributed by atoms with Crippen LogP contribution in [0.1, 0.15) is 20.8 Å². The van der Waals surface area contributed by atoms with E-state index in [1.165, 1.54) is 36.4 Å². The van der Waals surface area contributed by atoms with Gasteiger partial charge in [-0.1, -0.05) is 35.9 Å². The molecular formula is C24H19FN2O3S2. The van der Waals surface area contributed by atoms with Crippen molar-refractivity contribution in [3.63, 3.8) is 0 Å². The molecule has 4 rings (SSSR count). The van der Waals surface area contributed by atoms with E-state index in [9.17, 15) is 17.6 Å². The maximum atomic E-state index is 13.5.